The Bertz CT molecular complexity index is 1150. The van der Waals surface area contributed by atoms with Crippen LogP contribution in [-0.4, -0.2) is 47.9 Å². The molecule has 0 aromatic heterocycles. The maximum atomic E-state index is 13.2. The van der Waals surface area contributed by atoms with Crippen molar-refractivity contribution in [1.82, 2.24) is 5.32 Å². The second-order valence-electron chi connectivity index (χ2n) is 8.06. The largest absolute Gasteiger partial charge is 0.467 e. The molecule has 0 fully saturated rings. The molecule has 0 heterocycles. The fraction of sp³-hybridized carbons (Fsp3) is 0.346. The molecule has 198 valence electrons. The number of amides is 1. The first kappa shape index (κ1) is 29.4. The lowest BCUT2D eigenvalue weighted by Gasteiger charge is -2.29. The summed E-state index contributed by atoms with van der Waals surface area (Å²) in [6.07, 6.45) is -1.45. The predicted octanol–water partition coefficient (Wildman–Crippen LogP) is 2.95. The summed E-state index contributed by atoms with van der Waals surface area (Å²) in [5, 5.41) is 2.64. The zero-order valence-electron chi connectivity index (χ0n) is 21.2. The van der Waals surface area contributed by atoms with Crippen molar-refractivity contribution in [2.75, 3.05) is 7.11 Å². The Morgan fingerprint density at radius 2 is 1.49 bits per heavy atom. The molecule has 2 atom stereocenters. The van der Waals surface area contributed by atoms with Crippen LogP contribution in [0.5, 0.6) is 11.5 Å². The monoisotopic (exact) mass is 531 g/mol. The quantitative estimate of drug-likeness (QED) is 0.262. The highest BCUT2D eigenvalue weighted by Gasteiger charge is 2.39. The highest BCUT2D eigenvalue weighted by Crippen LogP contribution is 2.31. The Kier molecular flexibility index (Phi) is 10.7. The van der Waals surface area contributed by atoms with Gasteiger partial charge in [0, 0.05) is 32.9 Å². The van der Waals surface area contributed by atoms with Crippen LogP contribution in [0.25, 0.3) is 0 Å². The number of carbonyl (C=O) groups excluding carboxylic acids is 5. The van der Waals surface area contributed by atoms with Crippen molar-refractivity contribution in [1.29, 1.82) is 0 Å². The molecule has 0 saturated carbocycles. The van der Waals surface area contributed by atoms with Crippen LogP contribution in [0.2, 0.25) is 0 Å². The first-order valence-electron chi connectivity index (χ1n) is 11.2. The summed E-state index contributed by atoms with van der Waals surface area (Å²) in [4.78, 5) is 59.0. The number of ether oxygens (including phenoxy) is 4. The lowest BCUT2D eigenvalue weighted by Crippen LogP contribution is -2.54. The molecule has 0 bridgehead atoms. The molecule has 0 radical (unpaired) electrons. The number of benzene rings is 2. The maximum absolute atomic E-state index is 13.2. The van der Waals surface area contributed by atoms with Crippen molar-refractivity contribution >= 4 is 41.5 Å². The van der Waals surface area contributed by atoms with Gasteiger partial charge in [0.2, 0.25) is 0 Å². The van der Waals surface area contributed by atoms with Crippen molar-refractivity contribution in [3.8, 4) is 11.5 Å². The molecule has 37 heavy (non-hydrogen) atoms. The van der Waals surface area contributed by atoms with Crippen LogP contribution in [0, 0.1) is 0 Å². The Balaban J connectivity index is 2.29. The van der Waals surface area contributed by atoms with Gasteiger partial charge in [-0.1, -0.05) is 36.4 Å². The second-order valence-corrected chi connectivity index (χ2v) is 9.45. The van der Waals surface area contributed by atoms with E-state index in [0.717, 1.165) is 24.2 Å². The SMILES string of the molecule is COC(=O)C(C)(NC(=O)C(Cc1ccc(OC(C)=O)c(OC(C)=O)c1)OC(C)=O)SCc1ccccc1. The Morgan fingerprint density at radius 3 is 2.05 bits per heavy atom. The summed E-state index contributed by atoms with van der Waals surface area (Å²) in [5.41, 5.74) is 1.37. The lowest BCUT2D eigenvalue weighted by atomic mass is 10.1. The fourth-order valence-corrected chi connectivity index (χ4v) is 4.24. The van der Waals surface area contributed by atoms with Crippen molar-refractivity contribution in [2.45, 2.75) is 50.8 Å². The molecular formula is C26H29NO9S. The number of esters is 4. The van der Waals surface area contributed by atoms with Crippen LogP contribution < -0.4 is 14.8 Å². The molecule has 11 heteroatoms. The third-order valence-corrected chi connectivity index (χ3v) is 6.17. The minimum absolute atomic E-state index is 0.00974. The highest BCUT2D eigenvalue weighted by molar-refractivity contribution is 8.00. The number of nitrogens with one attached hydrogen (secondary N) is 1. The van der Waals surface area contributed by atoms with Crippen LogP contribution in [0.1, 0.15) is 38.8 Å². The lowest BCUT2D eigenvalue weighted by molar-refractivity contribution is -0.155. The summed E-state index contributed by atoms with van der Waals surface area (Å²) in [7, 11) is 1.21. The van der Waals surface area contributed by atoms with E-state index in [1.54, 1.807) is 0 Å². The summed E-state index contributed by atoms with van der Waals surface area (Å²) in [6, 6.07) is 13.7. The van der Waals surface area contributed by atoms with E-state index in [0.29, 0.717) is 11.3 Å². The predicted molar refractivity (Wildman–Crippen MR) is 135 cm³/mol. The van der Waals surface area contributed by atoms with Gasteiger partial charge in [-0.3, -0.25) is 19.2 Å². The van der Waals surface area contributed by atoms with E-state index < -0.39 is 40.8 Å². The van der Waals surface area contributed by atoms with Crippen LogP contribution in [0.4, 0.5) is 0 Å². The molecule has 2 aromatic carbocycles. The zero-order chi connectivity index (χ0) is 27.6. The van der Waals surface area contributed by atoms with E-state index >= 15 is 0 Å². The number of hydrogen-bond acceptors (Lipinski definition) is 10. The summed E-state index contributed by atoms with van der Waals surface area (Å²) in [5.74, 6) is -3.04. The molecule has 2 rings (SSSR count). The summed E-state index contributed by atoms with van der Waals surface area (Å²) in [6.45, 7) is 5.03. The standard InChI is InChI=1S/C26H29NO9S/c1-16(28)34-21-12-11-20(13-22(21)35-17(2)29)14-23(36-18(3)30)24(31)27-26(4,25(32)33-5)37-15-19-9-7-6-8-10-19/h6-13,23H,14-15H2,1-5H3,(H,27,31). The molecule has 0 saturated heterocycles. The minimum Gasteiger partial charge on any atom is -0.467 e. The molecule has 0 spiro atoms. The molecule has 10 nitrogen and oxygen atoms in total. The molecule has 1 N–H and O–H groups in total. The van der Waals surface area contributed by atoms with Gasteiger partial charge in [-0.2, -0.15) is 0 Å². The van der Waals surface area contributed by atoms with Gasteiger partial charge in [0.25, 0.3) is 5.91 Å². The van der Waals surface area contributed by atoms with Gasteiger partial charge in [0.1, 0.15) is 0 Å². The molecule has 0 aliphatic rings. The number of carbonyl (C=O) groups is 5. The van der Waals surface area contributed by atoms with Gasteiger partial charge in [-0.25, -0.2) is 4.79 Å². The van der Waals surface area contributed by atoms with E-state index in [1.807, 2.05) is 30.3 Å². The highest BCUT2D eigenvalue weighted by atomic mass is 32.2. The van der Waals surface area contributed by atoms with Gasteiger partial charge in [-0.05, 0) is 30.2 Å². The summed E-state index contributed by atoms with van der Waals surface area (Å²) >= 11 is 1.14. The molecule has 0 aliphatic carbocycles. The average Bonchev–Trinajstić information content (AvgIpc) is 2.83. The molecule has 1 amide bonds. The van der Waals surface area contributed by atoms with Crippen molar-refractivity contribution in [3.05, 3.63) is 59.7 Å². The Morgan fingerprint density at radius 1 is 0.865 bits per heavy atom. The van der Waals surface area contributed by atoms with Gasteiger partial charge in [0.05, 0.1) is 7.11 Å². The first-order valence-corrected chi connectivity index (χ1v) is 12.2. The van der Waals surface area contributed by atoms with E-state index in [1.165, 1.54) is 46.1 Å². The van der Waals surface area contributed by atoms with Gasteiger partial charge in [0.15, 0.2) is 22.5 Å². The first-order chi connectivity index (χ1) is 17.4. The number of methoxy groups -OCH3 is 1. The van der Waals surface area contributed by atoms with Gasteiger partial charge in [-0.15, -0.1) is 11.8 Å². The van der Waals surface area contributed by atoms with E-state index in [-0.39, 0.29) is 17.9 Å². The van der Waals surface area contributed by atoms with Crippen molar-refractivity contribution < 1.29 is 42.9 Å². The third-order valence-electron chi connectivity index (χ3n) is 4.84. The third kappa shape index (κ3) is 9.26. The topological polar surface area (TPSA) is 134 Å². The second kappa shape index (κ2) is 13.4. The molecule has 0 aliphatic heterocycles. The normalized spacial score (nSPS) is 12.9. The van der Waals surface area contributed by atoms with Crippen molar-refractivity contribution in [2.24, 2.45) is 0 Å². The Hall–Kier alpha value is -3.86. The average molecular weight is 532 g/mol. The van der Waals surface area contributed by atoms with Crippen LogP contribution in [0.15, 0.2) is 48.5 Å². The number of hydrogen-bond donors (Lipinski definition) is 1. The molecule has 2 unspecified atom stereocenters. The van der Waals surface area contributed by atoms with Crippen LogP contribution in [0.3, 0.4) is 0 Å². The Labute approximate surface area is 219 Å². The summed E-state index contributed by atoms with van der Waals surface area (Å²) < 4.78 is 20.3. The minimum atomic E-state index is -1.48. The fourth-order valence-electron chi connectivity index (χ4n) is 3.21. The van der Waals surface area contributed by atoms with Gasteiger partial charge < -0.3 is 24.3 Å². The smallest absolute Gasteiger partial charge is 0.341 e. The van der Waals surface area contributed by atoms with E-state index in [2.05, 4.69) is 5.32 Å². The number of thioether (sulfide) groups is 1. The molecule has 2 aromatic rings. The van der Waals surface area contributed by atoms with E-state index in [4.69, 9.17) is 18.9 Å². The van der Waals surface area contributed by atoms with Crippen molar-refractivity contribution in [3.63, 3.8) is 0 Å². The van der Waals surface area contributed by atoms with E-state index in [9.17, 15) is 24.0 Å². The molecular weight excluding hydrogens is 502 g/mol. The van der Waals surface area contributed by atoms with Gasteiger partial charge >= 0.3 is 23.9 Å². The van der Waals surface area contributed by atoms with Crippen LogP contribution >= 0.6 is 11.8 Å². The maximum Gasteiger partial charge on any atom is 0.341 e. The number of rotatable bonds is 11. The van der Waals surface area contributed by atoms with Crippen LogP contribution in [-0.2, 0) is 45.6 Å². The zero-order valence-corrected chi connectivity index (χ0v) is 22.0.